The Kier molecular flexibility index (Phi) is 6.77. The number of hydrogen-bond donors (Lipinski definition) is 3. The number of aromatic nitrogens is 2. The summed E-state index contributed by atoms with van der Waals surface area (Å²) in [5, 5.41) is 6.63. The molecule has 36 heavy (non-hydrogen) atoms. The number of aryl methyl sites for hydroxylation is 1. The second kappa shape index (κ2) is 10.5. The van der Waals surface area contributed by atoms with Crippen LogP contribution in [0.4, 0.5) is 22.0 Å². The van der Waals surface area contributed by atoms with Crippen molar-refractivity contribution in [2.24, 2.45) is 0 Å². The molecule has 0 fully saturated rings. The summed E-state index contributed by atoms with van der Waals surface area (Å²) in [6, 6.07) is 24.1. The van der Waals surface area contributed by atoms with Gasteiger partial charge in [0.25, 0.3) is 0 Å². The Hall–Kier alpha value is -4.43. The lowest BCUT2D eigenvalue weighted by molar-refractivity contribution is 0.262. The number of ether oxygens (including phenoxy) is 1. The molecule has 2 heterocycles. The molecule has 0 saturated carbocycles. The lowest BCUT2D eigenvalue weighted by Crippen LogP contribution is -2.19. The fourth-order valence-corrected chi connectivity index (χ4v) is 5.26. The Balaban J connectivity index is 1.30. The predicted octanol–water partition coefficient (Wildman–Crippen LogP) is 7.33. The van der Waals surface area contributed by atoms with Gasteiger partial charge in [-0.3, -0.25) is 0 Å². The highest BCUT2D eigenvalue weighted by Crippen LogP contribution is 2.40. The third-order valence-corrected chi connectivity index (χ3v) is 6.73. The van der Waals surface area contributed by atoms with Gasteiger partial charge in [-0.1, -0.05) is 49.7 Å². The number of nitrogens with two attached hydrogens (primary N) is 1. The molecule has 2 aromatic heterocycles. The molecule has 0 aliphatic rings. The van der Waals surface area contributed by atoms with Crippen LogP contribution >= 0.6 is 11.3 Å². The lowest BCUT2D eigenvalue weighted by Gasteiger charge is -2.11. The molecule has 5 rings (SSSR count). The van der Waals surface area contributed by atoms with Crippen molar-refractivity contribution in [1.29, 1.82) is 0 Å². The average Bonchev–Trinajstić information content (AvgIpc) is 3.25. The van der Waals surface area contributed by atoms with Crippen molar-refractivity contribution < 1.29 is 9.53 Å². The molecule has 3 aromatic carbocycles. The third-order valence-electron chi connectivity index (χ3n) is 5.57. The van der Waals surface area contributed by atoms with Crippen LogP contribution in [-0.4, -0.2) is 16.0 Å². The second-order valence-electron chi connectivity index (χ2n) is 8.19. The Morgan fingerprint density at radius 1 is 0.917 bits per heavy atom. The molecule has 180 valence electrons. The van der Waals surface area contributed by atoms with E-state index in [0.29, 0.717) is 22.9 Å². The molecule has 0 bridgehead atoms. The van der Waals surface area contributed by atoms with E-state index in [-0.39, 0.29) is 6.03 Å². The predicted molar refractivity (Wildman–Crippen MR) is 147 cm³/mol. The van der Waals surface area contributed by atoms with E-state index in [1.165, 1.54) is 11.2 Å². The standard InChI is InChI=1S/C28H25N5O2S/c1-2-7-23-24(25-26(29)30-17-31-27(25)36-23)18-12-14-19(15-13-18)32-28(34)33-20-8-6-11-22(16-20)35-21-9-4-3-5-10-21/h3-6,8-17H,2,7H2,1H3,(H2,29,30,31)(H2,32,33,34). The van der Waals surface area contributed by atoms with Crippen LogP contribution in [0.25, 0.3) is 21.3 Å². The van der Waals surface area contributed by atoms with Crippen molar-refractivity contribution in [1.82, 2.24) is 9.97 Å². The smallest absolute Gasteiger partial charge is 0.323 e. The van der Waals surface area contributed by atoms with E-state index in [1.54, 1.807) is 17.4 Å². The lowest BCUT2D eigenvalue weighted by atomic mass is 10.0. The van der Waals surface area contributed by atoms with Gasteiger partial charge in [0, 0.05) is 27.9 Å². The van der Waals surface area contributed by atoms with Gasteiger partial charge in [-0.15, -0.1) is 11.3 Å². The summed E-state index contributed by atoms with van der Waals surface area (Å²) in [6.45, 7) is 2.15. The van der Waals surface area contributed by atoms with E-state index in [1.807, 2.05) is 72.8 Å². The maximum atomic E-state index is 12.6. The molecule has 5 aromatic rings. The van der Waals surface area contributed by atoms with Crippen molar-refractivity contribution in [2.45, 2.75) is 19.8 Å². The van der Waals surface area contributed by atoms with Gasteiger partial charge >= 0.3 is 6.03 Å². The van der Waals surface area contributed by atoms with E-state index < -0.39 is 0 Å². The maximum absolute atomic E-state index is 12.6. The van der Waals surface area contributed by atoms with Gasteiger partial charge < -0.3 is 21.1 Å². The van der Waals surface area contributed by atoms with Crippen molar-refractivity contribution in [2.75, 3.05) is 16.4 Å². The van der Waals surface area contributed by atoms with Crippen molar-refractivity contribution >= 4 is 44.8 Å². The van der Waals surface area contributed by atoms with E-state index in [2.05, 4.69) is 27.5 Å². The molecule has 0 spiro atoms. The molecule has 8 heteroatoms. The summed E-state index contributed by atoms with van der Waals surface area (Å²) >= 11 is 1.65. The topological polar surface area (TPSA) is 102 Å². The Morgan fingerprint density at radius 3 is 2.44 bits per heavy atom. The van der Waals surface area contributed by atoms with Gasteiger partial charge in [0.05, 0.1) is 5.39 Å². The number of amides is 2. The molecular weight excluding hydrogens is 470 g/mol. The van der Waals surface area contributed by atoms with Crippen LogP contribution in [0.15, 0.2) is 85.2 Å². The highest BCUT2D eigenvalue weighted by Gasteiger charge is 2.17. The molecule has 2 amide bonds. The fourth-order valence-electron chi connectivity index (χ4n) is 3.99. The second-order valence-corrected chi connectivity index (χ2v) is 9.27. The first-order valence-corrected chi connectivity index (χ1v) is 12.5. The van der Waals surface area contributed by atoms with E-state index in [4.69, 9.17) is 10.5 Å². The van der Waals surface area contributed by atoms with Crippen molar-refractivity contribution in [3.05, 3.63) is 90.1 Å². The SMILES string of the molecule is CCCc1sc2ncnc(N)c2c1-c1ccc(NC(=O)Nc2cccc(Oc3ccccc3)c2)cc1. The summed E-state index contributed by atoms with van der Waals surface area (Å²) in [5.41, 5.74) is 9.60. The number of nitrogen functional groups attached to an aromatic ring is 1. The number of fused-ring (bicyclic) bond motifs is 1. The quantitative estimate of drug-likeness (QED) is 0.219. The number of carbonyl (C=O) groups excluding carboxylic acids is 1. The van der Waals surface area contributed by atoms with Crippen LogP contribution in [-0.2, 0) is 6.42 Å². The Bertz CT molecular complexity index is 1500. The van der Waals surface area contributed by atoms with E-state index in [9.17, 15) is 4.79 Å². The number of nitrogens with zero attached hydrogens (tertiary/aromatic N) is 2. The van der Waals surface area contributed by atoms with Gasteiger partial charge in [0.2, 0.25) is 0 Å². The van der Waals surface area contributed by atoms with Gasteiger partial charge in [0.1, 0.15) is 28.5 Å². The molecule has 4 N–H and O–H groups in total. The minimum atomic E-state index is -0.343. The first kappa shape index (κ1) is 23.3. The number of thiophene rings is 1. The molecule has 0 aliphatic carbocycles. The van der Waals surface area contributed by atoms with Crippen LogP contribution in [0, 0.1) is 0 Å². The van der Waals surface area contributed by atoms with Crippen molar-refractivity contribution in [3.8, 4) is 22.6 Å². The van der Waals surface area contributed by atoms with Crippen LogP contribution in [0.3, 0.4) is 0 Å². The molecular formula is C28H25N5O2S. The molecule has 0 radical (unpaired) electrons. The average molecular weight is 496 g/mol. The number of benzene rings is 3. The van der Waals surface area contributed by atoms with Crippen molar-refractivity contribution in [3.63, 3.8) is 0 Å². The number of rotatable bonds is 7. The number of urea groups is 1. The largest absolute Gasteiger partial charge is 0.457 e. The molecule has 0 atom stereocenters. The molecule has 0 unspecified atom stereocenters. The zero-order chi connectivity index (χ0) is 24.9. The summed E-state index contributed by atoms with van der Waals surface area (Å²) < 4.78 is 5.84. The van der Waals surface area contributed by atoms with Gasteiger partial charge in [-0.05, 0) is 48.4 Å². The van der Waals surface area contributed by atoms with Gasteiger partial charge in [0.15, 0.2) is 0 Å². The van der Waals surface area contributed by atoms with Crippen LogP contribution in [0.2, 0.25) is 0 Å². The summed E-state index contributed by atoms with van der Waals surface area (Å²) in [5.74, 6) is 1.85. The zero-order valence-corrected chi connectivity index (χ0v) is 20.5. The molecule has 0 aliphatic heterocycles. The van der Waals surface area contributed by atoms with E-state index >= 15 is 0 Å². The van der Waals surface area contributed by atoms with Crippen LogP contribution in [0.5, 0.6) is 11.5 Å². The minimum absolute atomic E-state index is 0.343. The highest BCUT2D eigenvalue weighted by atomic mass is 32.1. The first-order valence-electron chi connectivity index (χ1n) is 11.6. The number of nitrogens with one attached hydrogen (secondary N) is 2. The number of para-hydroxylation sites is 1. The number of hydrogen-bond acceptors (Lipinski definition) is 6. The fraction of sp³-hybridized carbons (Fsp3) is 0.107. The number of anilines is 3. The molecule has 7 nitrogen and oxygen atoms in total. The van der Waals surface area contributed by atoms with E-state index in [0.717, 1.165) is 39.9 Å². The zero-order valence-electron chi connectivity index (χ0n) is 19.7. The Labute approximate surface area is 213 Å². The third kappa shape index (κ3) is 5.13. The monoisotopic (exact) mass is 495 g/mol. The minimum Gasteiger partial charge on any atom is -0.457 e. The molecule has 0 saturated heterocycles. The van der Waals surface area contributed by atoms with Gasteiger partial charge in [-0.25, -0.2) is 14.8 Å². The summed E-state index contributed by atoms with van der Waals surface area (Å²) in [6.07, 6.45) is 3.46. The Morgan fingerprint density at radius 2 is 1.67 bits per heavy atom. The normalized spacial score (nSPS) is 10.8. The summed E-state index contributed by atoms with van der Waals surface area (Å²) in [7, 11) is 0. The van der Waals surface area contributed by atoms with Crippen LogP contribution < -0.4 is 21.1 Å². The summed E-state index contributed by atoms with van der Waals surface area (Å²) in [4.78, 5) is 23.4. The maximum Gasteiger partial charge on any atom is 0.323 e. The van der Waals surface area contributed by atoms with Crippen LogP contribution in [0.1, 0.15) is 18.2 Å². The first-order chi connectivity index (χ1) is 17.6. The number of carbonyl (C=O) groups is 1. The highest BCUT2D eigenvalue weighted by molar-refractivity contribution is 7.19. The van der Waals surface area contributed by atoms with Gasteiger partial charge in [-0.2, -0.15) is 0 Å².